The molecule has 0 aliphatic rings. The van der Waals surface area contributed by atoms with Crippen LogP contribution in [0, 0.1) is 26.0 Å². The predicted octanol–water partition coefficient (Wildman–Crippen LogP) is 12.9. The van der Waals surface area contributed by atoms with Crippen LogP contribution in [0.2, 0.25) is 0 Å². The first-order valence-electron chi connectivity index (χ1n) is 18.9. The van der Waals surface area contributed by atoms with Crippen molar-refractivity contribution in [2.24, 2.45) is 0 Å². The molecule has 10 rings (SSSR count). The minimum atomic E-state index is 0. The van der Waals surface area contributed by atoms with E-state index < -0.39 is 0 Å². The van der Waals surface area contributed by atoms with Gasteiger partial charge in [0.2, 0.25) is 0 Å². The SMILES string of the molecule is Cc1cc(C)cc(-c2c(-c3c[c-]c(-c4nc5ccccc5n4-c4ccccc4)cc3)cccc2-c2c[c-]c(-c3nc4ccccc4n3-c3ccccc3)cc2)c1.[Ir].[Ir]. The number of hydrogen-bond acceptors (Lipinski definition) is 2. The topological polar surface area (TPSA) is 35.6 Å². The molecular weight excluding hydrogens is 1070 g/mol. The summed E-state index contributed by atoms with van der Waals surface area (Å²) in [6.45, 7) is 4.34. The number of benzene rings is 8. The molecular formula is C52H36Ir2N4-2. The minimum Gasteiger partial charge on any atom is -0.333 e. The zero-order chi connectivity index (χ0) is 37.6. The molecule has 2 radical (unpaired) electrons. The number of rotatable bonds is 7. The molecule has 0 bridgehead atoms. The van der Waals surface area contributed by atoms with Gasteiger partial charge in [-0.3, -0.25) is 9.97 Å². The van der Waals surface area contributed by atoms with Crippen molar-refractivity contribution in [2.75, 3.05) is 0 Å². The molecule has 284 valence electrons. The summed E-state index contributed by atoms with van der Waals surface area (Å²) in [5.41, 5.74) is 17.3. The first-order chi connectivity index (χ1) is 27.6. The summed E-state index contributed by atoms with van der Waals surface area (Å²) in [5.74, 6) is 1.73. The number of para-hydroxylation sites is 6. The molecule has 0 fully saturated rings. The molecule has 4 nitrogen and oxygen atoms in total. The van der Waals surface area contributed by atoms with Crippen molar-refractivity contribution in [1.29, 1.82) is 0 Å². The van der Waals surface area contributed by atoms with Crippen molar-refractivity contribution in [3.63, 3.8) is 0 Å². The Morgan fingerprint density at radius 2 is 0.845 bits per heavy atom. The largest absolute Gasteiger partial charge is 0.333 e. The van der Waals surface area contributed by atoms with Crippen LogP contribution in [0.1, 0.15) is 11.1 Å². The third kappa shape index (κ3) is 7.10. The summed E-state index contributed by atoms with van der Waals surface area (Å²) in [6, 6.07) is 71.0. The van der Waals surface area contributed by atoms with Gasteiger partial charge in [-0.15, -0.1) is 59.7 Å². The summed E-state index contributed by atoms with van der Waals surface area (Å²) in [5, 5.41) is 0. The van der Waals surface area contributed by atoms with Crippen molar-refractivity contribution < 1.29 is 40.2 Å². The number of aryl methyl sites for hydroxylation is 2. The van der Waals surface area contributed by atoms with Gasteiger partial charge < -0.3 is 9.13 Å². The summed E-state index contributed by atoms with van der Waals surface area (Å²) < 4.78 is 4.44. The second-order valence-electron chi connectivity index (χ2n) is 14.3. The van der Waals surface area contributed by atoms with Crippen molar-refractivity contribution in [3.8, 4) is 67.5 Å². The Labute approximate surface area is 365 Å². The van der Waals surface area contributed by atoms with E-state index in [0.29, 0.717) is 0 Å². The van der Waals surface area contributed by atoms with E-state index in [2.05, 4.69) is 193 Å². The van der Waals surface area contributed by atoms with Gasteiger partial charge in [0.1, 0.15) is 0 Å². The second-order valence-corrected chi connectivity index (χ2v) is 14.3. The van der Waals surface area contributed by atoms with Gasteiger partial charge in [0, 0.05) is 51.6 Å². The van der Waals surface area contributed by atoms with E-state index in [1.54, 1.807) is 0 Å². The maximum absolute atomic E-state index is 5.09. The van der Waals surface area contributed by atoms with Crippen LogP contribution in [0.3, 0.4) is 0 Å². The molecule has 0 saturated carbocycles. The summed E-state index contributed by atoms with van der Waals surface area (Å²) in [7, 11) is 0. The van der Waals surface area contributed by atoms with Gasteiger partial charge in [0.15, 0.2) is 0 Å². The van der Waals surface area contributed by atoms with Crippen LogP contribution < -0.4 is 0 Å². The van der Waals surface area contributed by atoms with Crippen LogP contribution in [-0.4, -0.2) is 19.1 Å². The molecule has 0 aliphatic heterocycles. The maximum atomic E-state index is 5.09. The molecule has 2 heterocycles. The fraction of sp³-hybridized carbons (Fsp3) is 0.0385. The standard InChI is InChI=1S/C52H36N4.2Ir/c1-35-32-36(2)34-41(33-35)50-44(37-24-28-39(29-25-37)51-53-46-20-9-11-22-48(46)55(51)42-14-5-3-6-15-42)18-13-19-45(50)38-26-30-40(31-27-38)52-54-47-21-10-12-23-49(47)56(52)43-16-7-4-8-17-43;;/h3-28,30,32-34H,1-2H3;;/q-2;;. The molecule has 0 aliphatic carbocycles. The van der Waals surface area contributed by atoms with Crippen molar-refractivity contribution in [2.45, 2.75) is 13.8 Å². The van der Waals surface area contributed by atoms with Gasteiger partial charge in [-0.25, -0.2) is 0 Å². The Morgan fingerprint density at radius 3 is 1.28 bits per heavy atom. The minimum absolute atomic E-state index is 0. The number of aromatic nitrogens is 4. The third-order valence-corrected chi connectivity index (χ3v) is 10.5. The Morgan fingerprint density at radius 1 is 0.414 bits per heavy atom. The van der Waals surface area contributed by atoms with Crippen molar-refractivity contribution in [3.05, 3.63) is 205 Å². The maximum Gasteiger partial charge on any atom is 0.0774 e. The molecule has 0 N–H and O–H groups in total. The Kier molecular flexibility index (Phi) is 11.0. The van der Waals surface area contributed by atoms with Crippen molar-refractivity contribution in [1.82, 2.24) is 19.1 Å². The number of nitrogens with zero attached hydrogens (tertiary/aromatic N) is 4. The molecule has 0 amide bonds. The average molecular weight is 1100 g/mol. The van der Waals surface area contributed by atoms with Gasteiger partial charge in [0.05, 0.1) is 33.7 Å². The van der Waals surface area contributed by atoms with E-state index >= 15 is 0 Å². The zero-order valence-corrected chi connectivity index (χ0v) is 36.6. The first kappa shape index (κ1) is 38.9. The Hall–Kier alpha value is -6.00. The molecule has 0 unspecified atom stereocenters. The van der Waals surface area contributed by atoms with Crippen LogP contribution >= 0.6 is 0 Å². The van der Waals surface area contributed by atoms with E-state index in [-0.39, 0.29) is 40.2 Å². The zero-order valence-electron chi connectivity index (χ0n) is 31.8. The van der Waals surface area contributed by atoms with E-state index in [1.807, 2.05) is 24.3 Å². The van der Waals surface area contributed by atoms with Crippen LogP contribution in [0.5, 0.6) is 0 Å². The van der Waals surface area contributed by atoms with Gasteiger partial charge in [-0.2, -0.15) is 0 Å². The first-order valence-corrected chi connectivity index (χ1v) is 18.9. The molecule has 58 heavy (non-hydrogen) atoms. The second kappa shape index (κ2) is 16.5. The van der Waals surface area contributed by atoms with Crippen LogP contribution in [0.15, 0.2) is 182 Å². The van der Waals surface area contributed by atoms with Gasteiger partial charge in [-0.1, -0.05) is 130 Å². The fourth-order valence-corrected chi connectivity index (χ4v) is 8.02. The summed E-state index contributed by atoms with van der Waals surface area (Å²) >= 11 is 0. The molecule has 8 aromatic carbocycles. The summed E-state index contributed by atoms with van der Waals surface area (Å²) in [4.78, 5) is 10.2. The normalized spacial score (nSPS) is 11.0. The summed E-state index contributed by atoms with van der Waals surface area (Å²) in [6.07, 6.45) is 0. The Bertz CT molecular complexity index is 2820. The van der Waals surface area contributed by atoms with Crippen LogP contribution in [-0.2, 0) is 40.2 Å². The number of imidazole rings is 2. The molecule has 2 aromatic heterocycles. The predicted molar refractivity (Wildman–Crippen MR) is 230 cm³/mol. The third-order valence-electron chi connectivity index (χ3n) is 10.5. The van der Waals surface area contributed by atoms with Crippen molar-refractivity contribution >= 4 is 22.1 Å². The van der Waals surface area contributed by atoms with Gasteiger partial charge >= 0.3 is 0 Å². The molecule has 0 saturated heterocycles. The molecule has 0 atom stereocenters. The van der Waals surface area contributed by atoms with E-state index in [4.69, 9.17) is 9.97 Å². The average Bonchev–Trinajstić information content (AvgIpc) is 3.83. The smallest absolute Gasteiger partial charge is 0.0774 e. The van der Waals surface area contributed by atoms with Gasteiger partial charge in [-0.05, 0) is 73.5 Å². The molecule has 0 spiro atoms. The molecule has 6 heteroatoms. The Balaban J connectivity index is 0.00000235. The quantitative estimate of drug-likeness (QED) is 0.149. The van der Waals surface area contributed by atoms with Gasteiger partial charge in [0.25, 0.3) is 0 Å². The molecule has 10 aromatic rings. The van der Waals surface area contributed by atoms with Crippen LogP contribution in [0.25, 0.3) is 89.6 Å². The number of hydrogen-bond donors (Lipinski definition) is 0. The number of fused-ring (bicyclic) bond motifs is 2. The van der Waals surface area contributed by atoms with E-state index in [1.165, 1.54) is 22.3 Å². The van der Waals surface area contributed by atoms with Crippen LogP contribution in [0.4, 0.5) is 0 Å². The fourth-order valence-electron chi connectivity index (χ4n) is 8.02. The van der Waals surface area contributed by atoms with E-state index in [9.17, 15) is 0 Å². The monoisotopic (exact) mass is 1100 g/mol. The van der Waals surface area contributed by atoms with E-state index in [0.717, 1.165) is 78.5 Å².